The molecule has 0 spiro atoms. The maximum absolute atomic E-state index is 6.11. The van der Waals surface area contributed by atoms with Crippen LogP contribution < -0.4 is 15.2 Å². The predicted molar refractivity (Wildman–Crippen MR) is 94.1 cm³/mol. The lowest BCUT2D eigenvalue weighted by Crippen LogP contribution is -2.08. The molecule has 0 fully saturated rings. The highest BCUT2D eigenvalue weighted by Gasteiger charge is 2.13. The molecule has 2 aromatic carbocycles. The number of anilines is 1. The minimum absolute atomic E-state index is 0.332. The number of nitrogens with two attached hydrogens (primary N) is 1. The first kappa shape index (κ1) is 15.3. The van der Waals surface area contributed by atoms with E-state index in [9.17, 15) is 0 Å². The summed E-state index contributed by atoms with van der Waals surface area (Å²) in [7, 11) is 1.65. The van der Waals surface area contributed by atoms with Crippen LogP contribution in [0.4, 0.5) is 5.69 Å². The summed E-state index contributed by atoms with van der Waals surface area (Å²) in [4.78, 5) is 0. The lowest BCUT2D eigenvalue weighted by atomic mass is 10.2. The smallest absolute Gasteiger partial charge is 0.128 e. The zero-order valence-corrected chi connectivity index (χ0v) is 13.7. The zero-order valence-electron chi connectivity index (χ0n) is 13.7. The van der Waals surface area contributed by atoms with Crippen molar-refractivity contribution in [2.24, 2.45) is 0 Å². The summed E-state index contributed by atoms with van der Waals surface area (Å²) >= 11 is 0. The molecule has 4 heteroatoms. The van der Waals surface area contributed by atoms with E-state index in [0.29, 0.717) is 12.6 Å². The molecule has 0 unspecified atom stereocenters. The molecule has 0 saturated heterocycles. The van der Waals surface area contributed by atoms with Crippen LogP contribution >= 0.6 is 0 Å². The average molecular weight is 310 g/mol. The second-order valence-electron chi connectivity index (χ2n) is 5.85. The van der Waals surface area contributed by atoms with Gasteiger partial charge in [0.15, 0.2) is 0 Å². The number of ether oxygens (including phenoxy) is 2. The standard InChI is InChI=1S/C19H22N2O2/c1-13(2)21-14(10-17-18(20)8-5-9-19(17)21)12-23-16-7-4-6-15(11-16)22-3/h4-11,13H,12,20H2,1-3H3. The van der Waals surface area contributed by atoms with Crippen LogP contribution in [0.2, 0.25) is 0 Å². The molecule has 2 N–H and O–H groups in total. The lowest BCUT2D eigenvalue weighted by Gasteiger charge is -2.15. The zero-order chi connectivity index (χ0) is 16.4. The SMILES string of the molecule is COc1cccc(OCc2cc3c(N)cccc3n2C(C)C)c1. The van der Waals surface area contributed by atoms with Crippen LogP contribution in [-0.2, 0) is 6.61 Å². The Bertz CT molecular complexity index is 821. The van der Waals surface area contributed by atoms with Gasteiger partial charge in [-0.15, -0.1) is 0 Å². The molecule has 3 rings (SSSR count). The van der Waals surface area contributed by atoms with Crippen LogP contribution in [0.25, 0.3) is 10.9 Å². The number of aromatic nitrogens is 1. The van der Waals surface area contributed by atoms with Crippen molar-refractivity contribution >= 4 is 16.6 Å². The van der Waals surface area contributed by atoms with Gasteiger partial charge in [0.05, 0.1) is 18.3 Å². The second kappa shape index (κ2) is 6.24. The number of hydrogen-bond donors (Lipinski definition) is 1. The van der Waals surface area contributed by atoms with Gasteiger partial charge < -0.3 is 19.8 Å². The fourth-order valence-corrected chi connectivity index (χ4v) is 2.90. The summed E-state index contributed by atoms with van der Waals surface area (Å²) in [5, 5.41) is 1.07. The maximum atomic E-state index is 6.11. The van der Waals surface area contributed by atoms with Crippen LogP contribution in [0.5, 0.6) is 11.5 Å². The largest absolute Gasteiger partial charge is 0.497 e. The van der Waals surface area contributed by atoms with E-state index in [-0.39, 0.29) is 0 Å². The molecule has 120 valence electrons. The van der Waals surface area contributed by atoms with E-state index < -0.39 is 0 Å². The number of hydrogen-bond acceptors (Lipinski definition) is 3. The number of benzene rings is 2. The molecule has 0 amide bonds. The van der Waals surface area contributed by atoms with E-state index in [4.69, 9.17) is 15.2 Å². The third-order valence-electron chi connectivity index (χ3n) is 3.94. The Kier molecular flexibility index (Phi) is 4.15. The lowest BCUT2D eigenvalue weighted by molar-refractivity contribution is 0.291. The van der Waals surface area contributed by atoms with Gasteiger partial charge in [-0.1, -0.05) is 12.1 Å². The molecule has 1 heterocycles. The first-order valence-corrected chi connectivity index (χ1v) is 7.75. The molecule has 0 bridgehead atoms. The van der Waals surface area contributed by atoms with Gasteiger partial charge in [0, 0.05) is 23.2 Å². The molecule has 1 aromatic heterocycles. The van der Waals surface area contributed by atoms with Gasteiger partial charge in [-0.25, -0.2) is 0 Å². The van der Waals surface area contributed by atoms with Crippen molar-refractivity contribution in [3.8, 4) is 11.5 Å². The minimum Gasteiger partial charge on any atom is -0.497 e. The van der Waals surface area contributed by atoms with Gasteiger partial charge in [-0.2, -0.15) is 0 Å². The molecule has 3 aromatic rings. The Hall–Kier alpha value is -2.62. The van der Waals surface area contributed by atoms with E-state index in [1.165, 1.54) is 0 Å². The summed E-state index contributed by atoms with van der Waals surface area (Å²) in [6, 6.07) is 16.1. The van der Waals surface area contributed by atoms with E-state index in [1.54, 1.807) is 7.11 Å². The third kappa shape index (κ3) is 2.97. The van der Waals surface area contributed by atoms with Crippen molar-refractivity contribution in [2.75, 3.05) is 12.8 Å². The van der Waals surface area contributed by atoms with E-state index in [2.05, 4.69) is 30.5 Å². The quantitative estimate of drug-likeness (QED) is 0.711. The van der Waals surface area contributed by atoms with E-state index in [0.717, 1.165) is 33.8 Å². The van der Waals surface area contributed by atoms with E-state index in [1.807, 2.05) is 36.4 Å². The Morgan fingerprint density at radius 3 is 2.52 bits per heavy atom. The van der Waals surface area contributed by atoms with E-state index >= 15 is 0 Å². The first-order valence-electron chi connectivity index (χ1n) is 7.75. The predicted octanol–water partition coefficient (Wildman–Crippen LogP) is 4.39. The number of nitrogen functional groups attached to an aromatic ring is 1. The number of fused-ring (bicyclic) bond motifs is 1. The molecule has 0 atom stereocenters. The molecule has 0 radical (unpaired) electrons. The summed E-state index contributed by atoms with van der Waals surface area (Å²) in [6.07, 6.45) is 0. The van der Waals surface area contributed by atoms with Crippen LogP contribution in [0.15, 0.2) is 48.5 Å². The molecule has 0 aliphatic rings. The second-order valence-corrected chi connectivity index (χ2v) is 5.85. The summed E-state index contributed by atoms with van der Waals surface area (Å²) in [5.41, 5.74) is 9.16. The van der Waals surface area contributed by atoms with Crippen molar-refractivity contribution in [2.45, 2.75) is 26.5 Å². The Morgan fingerprint density at radius 1 is 1.04 bits per heavy atom. The van der Waals surface area contributed by atoms with Gasteiger partial charge in [0.2, 0.25) is 0 Å². The van der Waals surface area contributed by atoms with Crippen LogP contribution in [-0.4, -0.2) is 11.7 Å². The monoisotopic (exact) mass is 310 g/mol. The maximum Gasteiger partial charge on any atom is 0.128 e. The van der Waals surface area contributed by atoms with Crippen LogP contribution in [0.1, 0.15) is 25.6 Å². The van der Waals surface area contributed by atoms with Gasteiger partial charge >= 0.3 is 0 Å². The van der Waals surface area contributed by atoms with Gasteiger partial charge in [-0.3, -0.25) is 0 Å². The number of nitrogens with zero attached hydrogens (tertiary/aromatic N) is 1. The Balaban J connectivity index is 1.93. The Labute approximate surface area is 136 Å². The van der Waals surface area contributed by atoms with Gasteiger partial charge in [0.25, 0.3) is 0 Å². The summed E-state index contributed by atoms with van der Waals surface area (Å²) < 4.78 is 13.5. The van der Waals surface area contributed by atoms with Gasteiger partial charge in [-0.05, 0) is 44.2 Å². The third-order valence-corrected chi connectivity index (χ3v) is 3.94. The molecule has 23 heavy (non-hydrogen) atoms. The van der Waals surface area contributed by atoms with Crippen molar-refractivity contribution < 1.29 is 9.47 Å². The van der Waals surface area contributed by atoms with Gasteiger partial charge in [0.1, 0.15) is 18.1 Å². The highest BCUT2D eigenvalue weighted by atomic mass is 16.5. The van der Waals surface area contributed by atoms with Crippen molar-refractivity contribution in [3.05, 3.63) is 54.2 Å². The first-order chi connectivity index (χ1) is 11.1. The van der Waals surface area contributed by atoms with Crippen molar-refractivity contribution in [1.82, 2.24) is 4.57 Å². The summed E-state index contributed by atoms with van der Waals surface area (Å²) in [5.74, 6) is 1.58. The molecule has 4 nitrogen and oxygen atoms in total. The normalized spacial score (nSPS) is 11.1. The van der Waals surface area contributed by atoms with Crippen LogP contribution in [0.3, 0.4) is 0 Å². The highest BCUT2D eigenvalue weighted by Crippen LogP contribution is 2.29. The fourth-order valence-electron chi connectivity index (χ4n) is 2.90. The molecule has 0 aliphatic carbocycles. The summed E-state index contributed by atoms with van der Waals surface area (Å²) in [6.45, 7) is 4.81. The topological polar surface area (TPSA) is 49.4 Å². The number of methoxy groups -OCH3 is 1. The average Bonchev–Trinajstić information content (AvgIpc) is 2.93. The molecular weight excluding hydrogens is 288 g/mol. The van der Waals surface area contributed by atoms with Crippen molar-refractivity contribution in [3.63, 3.8) is 0 Å². The van der Waals surface area contributed by atoms with Crippen molar-refractivity contribution in [1.29, 1.82) is 0 Å². The molecule has 0 aliphatic heterocycles. The van der Waals surface area contributed by atoms with Crippen LogP contribution in [0, 0.1) is 0 Å². The Morgan fingerprint density at radius 2 is 1.78 bits per heavy atom. The highest BCUT2D eigenvalue weighted by molar-refractivity contribution is 5.92. The molecule has 0 saturated carbocycles. The minimum atomic E-state index is 0.332. The fraction of sp³-hybridized carbons (Fsp3) is 0.263. The molecular formula is C19H22N2O2. The number of rotatable bonds is 5.